The molecule has 0 N–H and O–H groups in total. The van der Waals surface area contributed by atoms with Gasteiger partial charge < -0.3 is 9.47 Å². The van der Waals surface area contributed by atoms with Crippen LogP contribution in [0, 0.1) is 13.8 Å². The molecule has 2 nitrogen and oxygen atoms in total. The molecule has 1 aliphatic carbocycles. The molecular formula is C41H34N2. The number of rotatable bonds is 4. The lowest BCUT2D eigenvalue weighted by Gasteiger charge is -2.25. The quantitative estimate of drug-likeness (QED) is 0.210. The van der Waals surface area contributed by atoms with E-state index in [1.807, 2.05) is 0 Å². The van der Waals surface area contributed by atoms with Crippen molar-refractivity contribution in [1.82, 2.24) is 4.57 Å². The standard InChI is InChI=1S/C41H34N2/c1-27-22-28(2)40-35-25-34-33-24-32(42(29-14-8-5-9-15-29)30-16-10-6-11-17-30)20-21-38(33)43(31-18-12-7-13-19-31)39(34)26-36(35)41(3,4)37(40)23-27/h5-26H,1-4H3. The summed E-state index contributed by atoms with van der Waals surface area (Å²) in [7, 11) is 0. The summed E-state index contributed by atoms with van der Waals surface area (Å²) in [6, 6.07) is 48.7. The molecular weight excluding hydrogens is 520 g/mol. The lowest BCUT2D eigenvalue weighted by Crippen LogP contribution is -2.15. The minimum absolute atomic E-state index is 0.0732. The first-order valence-corrected chi connectivity index (χ1v) is 15.1. The second kappa shape index (κ2) is 9.47. The van der Waals surface area contributed by atoms with E-state index in [1.165, 1.54) is 60.9 Å². The molecule has 0 bridgehead atoms. The predicted octanol–water partition coefficient (Wildman–Crippen LogP) is 11.2. The molecule has 6 aromatic carbocycles. The van der Waals surface area contributed by atoms with Gasteiger partial charge in [0.2, 0.25) is 0 Å². The first-order chi connectivity index (χ1) is 20.9. The first kappa shape index (κ1) is 25.6. The van der Waals surface area contributed by atoms with Gasteiger partial charge in [0.25, 0.3) is 0 Å². The smallest absolute Gasteiger partial charge is 0.0544 e. The summed E-state index contributed by atoms with van der Waals surface area (Å²) in [4.78, 5) is 2.35. The van der Waals surface area contributed by atoms with Crippen LogP contribution in [-0.2, 0) is 5.41 Å². The molecule has 0 aliphatic heterocycles. The molecule has 0 amide bonds. The van der Waals surface area contributed by atoms with Crippen molar-refractivity contribution < 1.29 is 0 Å². The monoisotopic (exact) mass is 554 g/mol. The topological polar surface area (TPSA) is 8.17 Å². The second-order valence-corrected chi connectivity index (χ2v) is 12.4. The lowest BCUT2D eigenvalue weighted by atomic mass is 9.81. The fourth-order valence-electron chi connectivity index (χ4n) is 7.34. The second-order valence-electron chi connectivity index (χ2n) is 12.4. The SMILES string of the molecule is Cc1cc(C)c2c(c1)C(C)(C)c1cc3c(cc1-2)c1cc(N(c2ccccc2)c2ccccc2)ccc1n3-c1ccccc1. The maximum Gasteiger partial charge on any atom is 0.0544 e. The third kappa shape index (κ3) is 3.87. The van der Waals surface area contributed by atoms with E-state index < -0.39 is 0 Å². The Kier molecular flexibility index (Phi) is 5.64. The molecule has 2 heteroatoms. The van der Waals surface area contributed by atoms with Crippen molar-refractivity contribution in [2.24, 2.45) is 0 Å². The fraction of sp³-hybridized carbons (Fsp3) is 0.122. The Hall–Kier alpha value is -5.08. The van der Waals surface area contributed by atoms with Gasteiger partial charge in [0.1, 0.15) is 0 Å². The third-order valence-electron chi connectivity index (χ3n) is 9.29. The molecule has 0 saturated carbocycles. The highest BCUT2D eigenvalue weighted by Gasteiger charge is 2.37. The van der Waals surface area contributed by atoms with Crippen LogP contribution in [-0.4, -0.2) is 4.57 Å². The maximum absolute atomic E-state index is 2.47. The van der Waals surface area contributed by atoms with Crippen LogP contribution in [0.2, 0.25) is 0 Å². The average Bonchev–Trinajstić information content (AvgIpc) is 3.45. The molecule has 208 valence electrons. The van der Waals surface area contributed by atoms with E-state index in [0.29, 0.717) is 0 Å². The molecule has 0 atom stereocenters. The van der Waals surface area contributed by atoms with Crippen LogP contribution in [0.5, 0.6) is 0 Å². The number of nitrogens with zero attached hydrogens (tertiary/aromatic N) is 2. The lowest BCUT2D eigenvalue weighted by molar-refractivity contribution is 0.660. The summed E-state index contributed by atoms with van der Waals surface area (Å²) in [5.41, 5.74) is 15.3. The molecule has 0 unspecified atom stereocenters. The van der Waals surface area contributed by atoms with Gasteiger partial charge in [0.05, 0.1) is 11.0 Å². The van der Waals surface area contributed by atoms with Gasteiger partial charge in [-0.15, -0.1) is 0 Å². The first-order valence-electron chi connectivity index (χ1n) is 15.1. The fourth-order valence-corrected chi connectivity index (χ4v) is 7.34. The van der Waals surface area contributed by atoms with Gasteiger partial charge in [-0.2, -0.15) is 0 Å². The molecule has 0 saturated heterocycles. The number of aromatic nitrogens is 1. The summed E-state index contributed by atoms with van der Waals surface area (Å²) < 4.78 is 2.45. The van der Waals surface area contributed by atoms with Crippen molar-refractivity contribution in [2.75, 3.05) is 4.90 Å². The van der Waals surface area contributed by atoms with Gasteiger partial charge in [0.15, 0.2) is 0 Å². The Labute approximate surface area is 253 Å². The molecule has 8 rings (SSSR count). The molecule has 0 radical (unpaired) electrons. The zero-order valence-electron chi connectivity index (χ0n) is 25.1. The van der Waals surface area contributed by atoms with Crippen LogP contribution in [0.4, 0.5) is 17.1 Å². The van der Waals surface area contributed by atoms with Crippen LogP contribution in [0.25, 0.3) is 38.6 Å². The van der Waals surface area contributed by atoms with E-state index in [-0.39, 0.29) is 5.41 Å². The highest BCUT2D eigenvalue weighted by molar-refractivity contribution is 6.13. The highest BCUT2D eigenvalue weighted by atomic mass is 15.1. The Morgan fingerprint density at radius 1 is 0.535 bits per heavy atom. The van der Waals surface area contributed by atoms with Gasteiger partial charge in [-0.3, -0.25) is 0 Å². The zero-order chi connectivity index (χ0) is 29.3. The van der Waals surface area contributed by atoms with Crippen molar-refractivity contribution >= 4 is 38.9 Å². The minimum atomic E-state index is -0.0732. The number of fused-ring (bicyclic) bond motifs is 6. The summed E-state index contributed by atoms with van der Waals surface area (Å²) in [5, 5.41) is 2.54. The third-order valence-corrected chi connectivity index (χ3v) is 9.29. The maximum atomic E-state index is 2.47. The van der Waals surface area contributed by atoms with Gasteiger partial charge >= 0.3 is 0 Å². The Bertz CT molecular complexity index is 2110. The summed E-state index contributed by atoms with van der Waals surface area (Å²) in [6.07, 6.45) is 0. The highest BCUT2D eigenvalue weighted by Crippen LogP contribution is 2.52. The van der Waals surface area contributed by atoms with Gasteiger partial charge in [-0.25, -0.2) is 0 Å². The number of benzene rings is 6. The normalized spacial score (nSPS) is 13.3. The average molecular weight is 555 g/mol. The van der Waals surface area contributed by atoms with E-state index >= 15 is 0 Å². The molecule has 1 aliphatic rings. The zero-order valence-corrected chi connectivity index (χ0v) is 25.1. The van der Waals surface area contributed by atoms with E-state index in [9.17, 15) is 0 Å². The molecule has 43 heavy (non-hydrogen) atoms. The Balaban J connectivity index is 1.45. The number of hydrogen-bond donors (Lipinski definition) is 0. The molecule has 1 aromatic heterocycles. The summed E-state index contributed by atoms with van der Waals surface area (Å²) in [6.45, 7) is 9.25. The largest absolute Gasteiger partial charge is 0.310 e. The van der Waals surface area contributed by atoms with E-state index in [1.54, 1.807) is 0 Å². The van der Waals surface area contributed by atoms with Crippen molar-refractivity contribution in [1.29, 1.82) is 0 Å². The van der Waals surface area contributed by atoms with Crippen LogP contribution in [0.3, 0.4) is 0 Å². The van der Waals surface area contributed by atoms with E-state index in [0.717, 1.165) is 17.1 Å². The molecule has 0 spiro atoms. The molecule has 1 heterocycles. The van der Waals surface area contributed by atoms with Crippen LogP contribution >= 0.6 is 0 Å². The van der Waals surface area contributed by atoms with Crippen molar-refractivity contribution in [3.05, 3.63) is 156 Å². The summed E-state index contributed by atoms with van der Waals surface area (Å²) in [5.74, 6) is 0. The van der Waals surface area contributed by atoms with Crippen molar-refractivity contribution in [3.63, 3.8) is 0 Å². The van der Waals surface area contributed by atoms with Gasteiger partial charge in [-0.1, -0.05) is 86.1 Å². The molecule has 0 fully saturated rings. The van der Waals surface area contributed by atoms with Crippen LogP contribution in [0.1, 0.15) is 36.1 Å². The van der Waals surface area contributed by atoms with Crippen LogP contribution < -0.4 is 4.90 Å². The minimum Gasteiger partial charge on any atom is -0.310 e. The van der Waals surface area contributed by atoms with Crippen molar-refractivity contribution in [2.45, 2.75) is 33.1 Å². The summed E-state index contributed by atoms with van der Waals surface area (Å²) >= 11 is 0. The number of para-hydroxylation sites is 3. The van der Waals surface area contributed by atoms with Gasteiger partial charge in [-0.05, 0) is 108 Å². The van der Waals surface area contributed by atoms with Crippen molar-refractivity contribution in [3.8, 4) is 16.8 Å². The number of aryl methyl sites for hydroxylation is 2. The van der Waals surface area contributed by atoms with E-state index in [2.05, 4.69) is 171 Å². The Morgan fingerprint density at radius 3 is 1.79 bits per heavy atom. The van der Waals surface area contributed by atoms with Gasteiger partial charge in [0, 0.05) is 38.9 Å². The van der Waals surface area contributed by atoms with Crippen LogP contribution in [0.15, 0.2) is 133 Å². The Morgan fingerprint density at radius 2 is 1.14 bits per heavy atom. The van der Waals surface area contributed by atoms with E-state index in [4.69, 9.17) is 0 Å². The predicted molar refractivity (Wildman–Crippen MR) is 183 cm³/mol. The number of anilines is 3. The molecule has 7 aromatic rings. The number of hydrogen-bond acceptors (Lipinski definition) is 1.